The first-order chi connectivity index (χ1) is 6.23. The summed E-state index contributed by atoms with van der Waals surface area (Å²) in [5.74, 6) is 2.10. The van der Waals surface area contributed by atoms with Gasteiger partial charge in [0, 0.05) is 11.3 Å². The van der Waals surface area contributed by atoms with Crippen molar-refractivity contribution < 1.29 is 5.11 Å². The van der Waals surface area contributed by atoms with Gasteiger partial charge in [-0.05, 0) is 31.1 Å². The Labute approximate surface area is 79.8 Å². The van der Waals surface area contributed by atoms with Gasteiger partial charge in [-0.3, -0.25) is 0 Å². The van der Waals surface area contributed by atoms with Gasteiger partial charge in [-0.1, -0.05) is 25.5 Å². The molecule has 5 unspecified atom stereocenters. The fourth-order valence-electron chi connectivity index (χ4n) is 4.16. The van der Waals surface area contributed by atoms with Gasteiger partial charge in [-0.2, -0.15) is 0 Å². The van der Waals surface area contributed by atoms with E-state index in [1.165, 1.54) is 19.3 Å². The van der Waals surface area contributed by atoms with E-state index in [0.29, 0.717) is 5.92 Å². The number of hydrogen-bond donors (Lipinski definition) is 1. The summed E-state index contributed by atoms with van der Waals surface area (Å²) < 4.78 is 0. The molecule has 0 heterocycles. The van der Waals surface area contributed by atoms with E-state index in [9.17, 15) is 5.11 Å². The maximum absolute atomic E-state index is 10.2. The summed E-state index contributed by atoms with van der Waals surface area (Å²) >= 11 is 0. The van der Waals surface area contributed by atoms with Gasteiger partial charge in [0.15, 0.2) is 0 Å². The first-order valence-corrected chi connectivity index (χ1v) is 5.58. The highest BCUT2D eigenvalue weighted by molar-refractivity contribution is 5.18. The molecule has 2 fully saturated rings. The topological polar surface area (TPSA) is 20.2 Å². The Morgan fingerprint density at radius 2 is 2.23 bits per heavy atom. The van der Waals surface area contributed by atoms with Crippen LogP contribution >= 0.6 is 0 Å². The molecule has 1 nitrogen and oxygen atoms in total. The highest BCUT2D eigenvalue weighted by Crippen LogP contribution is 2.61. The van der Waals surface area contributed by atoms with E-state index in [1.807, 2.05) is 0 Å². The summed E-state index contributed by atoms with van der Waals surface area (Å²) in [7, 11) is 0. The van der Waals surface area contributed by atoms with E-state index in [1.54, 1.807) is 0 Å². The standard InChI is InChI=1S/C12H18O/c1-12-7-3-5-9(11(12)13)8-4-2-6-10(8)12/h3,5,8-11,13H,2,4,6-7H2,1H3. The zero-order valence-corrected chi connectivity index (χ0v) is 8.24. The largest absolute Gasteiger partial charge is 0.392 e. The molecule has 13 heavy (non-hydrogen) atoms. The van der Waals surface area contributed by atoms with Gasteiger partial charge in [0.1, 0.15) is 0 Å². The number of hydrogen-bond acceptors (Lipinski definition) is 1. The van der Waals surface area contributed by atoms with Gasteiger partial charge in [0.25, 0.3) is 0 Å². The highest BCUT2D eigenvalue weighted by Gasteiger charge is 2.58. The minimum atomic E-state index is -0.0483. The molecule has 72 valence electrons. The van der Waals surface area contributed by atoms with Gasteiger partial charge in [0.2, 0.25) is 0 Å². The van der Waals surface area contributed by atoms with Gasteiger partial charge in [0.05, 0.1) is 6.10 Å². The monoisotopic (exact) mass is 178 g/mol. The predicted molar refractivity (Wildman–Crippen MR) is 52.2 cm³/mol. The van der Waals surface area contributed by atoms with Crippen molar-refractivity contribution in [1.29, 1.82) is 0 Å². The summed E-state index contributed by atoms with van der Waals surface area (Å²) in [4.78, 5) is 0. The number of aliphatic hydroxyl groups excluding tert-OH is 1. The number of fused-ring (bicyclic) bond motifs is 5. The van der Waals surface area contributed by atoms with Gasteiger partial charge >= 0.3 is 0 Å². The lowest BCUT2D eigenvalue weighted by atomic mass is 9.72. The van der Waals surface area contributed by atoms with E-state index in [-0.39, 0.29) is 11.5 Å². The Balaban J connectivity index is 2.05. The summed E-state index contributed by atoms with van der Waals surface area (Å²) in [6, 6.07) is 0. The van der Waals surface area contributed by atoms with Crippen LogP contribution in [0.3, 0.4) is 0 Å². The first kappa shape index (κ1) is 8.05. The Morgan fingerprint density at radius 1 is 1.38 bits per heavy atom. The molecule has 3 aliphatic rings. The second-order valence-corrected chi connectivity index (χ2v) is 5.36. The lowest BCUT2D eigenvalue weighted by Crippen LogP contribution is -2.35. The summed E-state index contributed by atoms with van der Waals surface area (Å²) in [5.41, 5.74) is 0.223. The lowest BCUT2D eigenvalue weighted by Gasteiger charge is -2.35. The third-order valence-corrected chi connectivity index (χ3v) is 4.87. The van der Waals surface area contributed by atoms with E-state index < -0.39 is 0 Å². The van der Waals surface area contributed by atoms with E-state index >= 15 is 0 Å². The van der Waals surface area contributed by atoms with Crippen LogP contribution in [-0.4, -0.2) is 11.2 Å². The lowest BCUT2D eigenvalue weighted by molar-refractivity contribution is 0.0201. The molecule has 0 aromatic carbocycles. The van der Waals surface area contributed by atoms with Crippen molar-refractivity contribution in [2.75, 3.05) is 0 Å². The van der Waals surface area contributed by atoms with Crippen molar-refractivity contribution >= 4 is 0 Å². The van der Waals surface area contributed by atoms with Crippen molar-refractivity contribution in [1.82, 2.24) is 0 Å². The maximum atomic E-state index is 10.2. The van der Waals surface area contributed by atoms with Crippen molar-refractivity contribution in [3.05, 3.63) is 12.2 Å². The molecule has 0 radical (unpaired) electrons. The second-order valence-electron chi connectivity index (χ2n) is 5.36. The normalized spacial score (nSPS) is 58.3. The van der Waals surface area contributed by atoms with Crippen LogP contribution in [0, 0.1) is 23.2 Å². The van der Waals surface area contributed by atoms with Crippen LogP contribution in [0.15, 0.2) is 12.2 Å². The number of allylic oxidation sites excluding steroid dienone is 1. The predicted octanol–water partition coefficient (Wildman–Crippen LogP) is 2.36. The van der Waals surface area contributed by atoms with Crippen LogP contribution in [-0.2, 0) is 0 Å². The van der Waals surface area contributed by atoms with Crippen molar-refractivity contribution in [2.45, 2.75) is 38.7 Å². The molecule has 0 aromatic rings. The minimum absolute atomic E-state index is 0.0483. The maximum Gasteiger partial charge on any atom is 0.0664 e. The summed E-state index contributed by atoms with van der Waals surface area (Å²) in [6.07, 6.45) is 9.74. The molecule has 0 saturated heterocycles. The zero-order valence-electron chi connectivity index (χ0n) is 8.24. The smallest absolute Gasteiger partial charge is 0.0664 e. The van der Waals surface area contributed by atoms with Gasteiger partial charge in [-0.25, -0.2) is 0 Å². The average molecular weight is 178 g/mol. The molecule has 0 aromatic heterocycles. The highest BCUT2D eigenvalue weighted by atomic mass is 16.3. The van der Waals surface area contributed by atoms with Crippen molar-refractivity contribution in [3.63, 3.8) is 0 Å². The third kappa shape index (κ3) is 0.817. The van der Waals surface area contributed by atoms with Crippen LogP contribution < -0.4 is 0 Å². The summed E-state index contributed by atoms with van der Waals surface area (Å²) in [6.45, 7) is 2.30. The van der Waals surface area contributed by atoms with E-state index in [4.69, 9.17) is 0 Å². The quantitative estimate of drug-likeness (QED) is 0.565. The Morgan fingerprint density at radius 3 is 3.08 bits per heavy atom. The molecule has 0 amide bonds. The molecule has 2 saturated carbocycles. The fraction of sp³-hybridized carbons (Fsp3) is 0.833. The molecule has 2 bridgehead atoms. The molecule has 5 atom stereocenters. The Kier molecular flexibility index (Phi) is 1.48. The molecule has 0 aliphatic heterocycles. The van der Waals surface area contributed by atoms with Crippen LogP contribution in [0.1, 0.15) is 32.6 Å². The molecular weight excluding hydrogens is 160 g/mol. The number of rotatable bonds is 0. The average Bonchev–Trinajstić information content (AvgIpc) is 2.61. The van der Waals surface area contributed by atoms with E-state index in [0.717, 1.165) is 18.3 Å². The minimum Gasteiger partial charge on any atom is -0.392 e. The third-order valence-electron chi connectivity index (χ3n) is 4.87. The Hall–Kier alpha value is -0.300. The zero-order chi connectivity index (χ0) is 9.05. The molecule has 1 heteroatoms. The van der Waals surface area contributed by atoms with Gasteiger partial charge in [-0.15, -0.1) is 0 Å². The van der Waals surface area contributed by atoms with Crippen LogP contribution in [0.2, 0.25) is 0 Å². The first-order valence-electron chi connectivity index (χ1n) is 5.58. The van der Waals surface area contributed by atoms with Crippen LogP contribution in [0.4, 0.5) is 0 Å². The molecule has 1 N–H and O–H groups in total. The number of aliphatic hydroxyl groups is 1. The summed E-state index contributed by atoms with van der Waals surface area (Å²) in [5, 5.41) is 10.2. The fourth-order valence-corrected chi connectivity index (χ4v) is 4.16. The SMILES string of the molecule is CC12CC=CC(C3CCCC31)C2O. The second kappa shape index (κ2) is 2.38. The van der Waals surface area contributed by atoms with Gasteiger partial charge < -0.3 is 5.11 Å². The van der Waals surface area contributed by atoms with Crippen molar-refractivity contribution in [3.8, 4) is 0 Å². The Bertz CT molecular complexity index is 258. The van der Waals surface area contributed by atoms with Crippen LogP contribution in [0.25, 0.3) is 0 Å². The molecular formula is C12H18O. The van der Waals surface area contributed by atoms with Crippen LogP contribution in [0.5, 0.6) is 0 Å². The van der Waals surface area contributed by atoms with E-state index in [2.05, 4.69) is 19.1 Å². The molecule has 3 rings (SSSR count). The molecule has 3 aliphatic carbocycles. The molecule has 0 spiro atoms. The van der Waals surface area contributed by atoms with Crippen molar-refractivity contribution in [2.24, 2.45) is 23.2 Å².